The number of ether oxygens (including phenoxy) is 1. The predicted octanol–water partition coefficient (Wildman–Crippen LogP) is -0.0558. The highest BCUT2D eigenvalue weighted by Gasteiger charge is 1.92. The van der Waals surface area contributed by atoms with Gasteiger partial charge in [-0.15, -0.1) is 0 Å². The molecular formula is C5H10N2O2. The van der Waals surface area contributed by atoms with Crippen molar-refractivity contribution in [3.63, 3.8) is 0 Å². The first-order valence-electron chi connectivity index (χ1n) is 2.46. The van der Waals surface area contributed by atoms with Gasteiger partial charge in [0.05, 0.1) is 0 Å². The summed E-state index contributed by atoms with van der Waals surface area (Å²) in [7, 11) is 0. The number of rotatable bonds is 2. The Morgan fingerprint density at radius 3 is 2.67 bits per heavy atom. The summed E-state index contributed by atoms with van der Waals surface area (Å²) in [6.07, 6.45) is 0.583. The molecule has 0 fully saturated rings. The van der Waals surface area contributed by atoms with Crippen LogP contribution >= 0.6 is 0 Å². The highest BCUT2D eigenvalue weighted by Crippen LogP contribution is 1.88. The van der Waals surface area contributed by atoms with Crippen LogP contribution in [0.4, 0.5) is 4.79 Å². The van der Waals surface area contributed by atoms with Crippen LogP contribution in [0.3, 0.4) is 0 Å². The summed E-state index contributed by atoms with van der Waals surface area (Å²) in [5, 5.41) is 0. The smallest absolute Gasteiger partial charge is 0.404 e. The second-order valence-electron chi connectivity index (χ2n) is 1.62. The maximum Gasteiger partial charge on any atom is 0.404 e. The summed E-state index contributed by atoms with van der Waals surface area (Å²) in [4.78, 5) is 9.95. The van der Waals surface area contributed by atoms with Gasteiger partial charge in [0.1, 0.15) is 6.61 Å². The molecule has 0 spiro atoms. The van der Waals surface area contributed by atoms with Crippen molar-refractivity contribution >= 4 is 6.09 Å². The van der Waals surface area contributed by atoms with Gasteiger partial charge in [-0.1, -0.05) is 0 Å². The standard InChI is InChI=1S/C5H10N2O2/c1-4(2-6)3-9-5(7)8/h2H,3,6H2,1H3,(H2,7,8)/b4-2+. The van der Waals surface area contributed by atoms with Crippen molar-refractivity contribution in [3.05, 3.63) is 11.8 Å². The minimum absolute atomic E-state index is 0.172. The number of primary amides is 1. The highest BCUT2D eigenvalue weighted by molar-refractivity contribution is 5.64. The fourth-order valence-electron chi connectivity index (χ4n) is 0.233. The van der Waals surface area contributed by atoms with Gasteiger partial charge in [0.2, 0.25) is 0 Å². The molecular weight excluding hydrogens is 120 g/mol. The first-order chi connectivity index (χ1) is 4.16. The Bertz CT molecular complexity index is 131. The maximum absolute atomic E-state index is 9.95. The van der Waals surface area contributed by atoms with Crippen LogP contribution < -0.4 is 11.5 Å². The second kappa shape index (κ2) is 3.77. The van der Waals surface area contributed by atoms with E-state index in [0.717, 1.165) is 5.57 Å². The van der Waals surface area contributed by atoms with Gasteiger partial charge in [-0.05, 0) is 18.7 Å². The van der Waals surface area contributed by atoms with E-state index in [1.807, 2.05) is 0 Å². The van der Waals surface area contributed by atoms with Crippen LogP contribution in [0.1, 0.15) is 6.92 Å². The summed E-state index contributed by atoms with van der Waals surface area (Å²) in [5.74, 6) is 0. The van der Waals surface area contributed by atoms with Gasteiger partial charge in [0.15, 0.2) is 0 Å². The quantitative estimate of drug-likeness (QED) is 0.549. The molecule has 0 aromatic heterocycles. The third kappa shape index (κ3) is 4.67. The molecule has 0 aliphatic carbocycles. The molecule has 0 radical (unpaired) electrons. The molecule has 0 aromatic rings. The molecule has 0 atom stereocenters. The predicted molar refractivity (Wildman–Crippen MR) is 33.5 cm³/mol. The molecule has 0 aliphatic rings. The maximum atomic E-state index is 9.95. The first-order valence-corrected chi connectivity index (χ1v) is 2.46. The van der Waals surface area contributed by atoms with Crippen LogP contribution in [-0.2, 0) is 4.74 Å². The normalized spacial score (nSPS) is 11.0. The van der Waals surface area contributed by atoms with Crippen LogP contribution in [0, 0.1) is 0 Å². The lowest BCUT2D eigenvalue weighted by molar-refractivity contribution is 0.166. The molecule has 0 saturated carbocycles. The van der Waals surface area contributed by atoms with Gasteiger partial charge >= 0.3 is 6.09 Å². The Morgan fingerprint density at radius 2 is 2.33 bits per heavy atom. The van der Waals surface area contributed by atoms with Crippen LogP contribution in [0.15, 0.2) is 11.8 Å². The lowest BCUT2D eigenvalue weighted by atomic mass is 10.4. The Balaban J connectivity index is 3.39. The minimum atomic E-state index is -0.781. The van der Waals surface area contributed by atoms with Crippen LogP contribution in [0.2, 0.25) is 0 Å². The Labute approximate surface area is 53.5 Å². The zero-order valence-electron chi connectivity index (χ0n) is 5.26. The molecule has 0 aliphatic heterocycles. The van der Waals surface area contributed by atoms with Crippen molar-refractivity contribution in [2.45, 2.75) is 6.92 Å². The number of carbonyl (C=O) groups excluding carboxylic acids is 1. The molecule has 0 unspecified atom stereocenters. The number of hydrogen-bond acceptors (Lipinski definition) is 3. The van der Waals surface area contributed by atoms with Crippen LogP contribution in [0.5, 0.6) is 0 Å². The molecule has 0 rings (SSSR count). The molecule has 0 heterocycles. The first kappa shape index (κ1) is 7.81. The average molecular weight is 130 g/mol. The Kier molecular flexibility index (Phi) is 3.27. The van der Waals surface area contributed by atoms with Gasteiger partial charge in [0, 0.05) is 0 Å². The zero-order valence-corrected chi connectivity index (χ0v) is 5.26. The third-order valence-corrected chi connectivity index (χ3v) is 0.727. The number of nitrogens with two attached hydrogens (primary N) is 2. The molecule has 1 amide bonds. The molecule has 52 valence electrons. The largest absolute Gasteiger partial charge is 0.445 e. The van der Waals surface area contributed by atoms with Crippen LogP contribution in [0.25, 0.3) is 0 Å². The van der Waals surface area contributed by atoms with E-state index in [9.17, 15) is 4.79 Å². The van der Waals surface area contributed by atoms with Gasteiger partial charge in [-0.25, -0.2) is 4.79 Å². The molecule has 4 N–H and O–H groups in total. The number of carbonyl (C=O) groups is 1. The fraction of sp³-hybridized carbons (Fsp3) is 0.400. The Morgan fingerprint density at radius 1 is 1.78 bits per heavy atom. The highest BCUT2D eigenvalue weighted by atomic mass is 16.5. The molecule has 9 heavy (non-hydrogen) atoms. The lowest BCUT2D eigenvalue weighted by Gasteiger charge is -1.98. The molecule has 0 aromatic carbocycles. The lowest BCUT2D eigenvalue weighted by Crippen LogP contribution is -2.14. The third-order valence-electron chi connectivity index (χ3n) is 0.727. The van der Waals surface area contributed by atoms with Crippen molar-refractivity contribution in [2.75, 3.05) is 6.61 Å². The van der Waals surface area contributed by atoms with Crippen LogP contribution in [-0.4, -0.2) is 12.7 Å². The van der Waals surface area contributed by atoms with Gasteiger partial charge < -0.3 is 16.2 Å². The van der Waals surface area contributed by atoms with Crippen molar-refractivity contribution < 1.29 is 9.53 Å². The van der Waals surface area contributed by atoms with E-state index in [1.165, 1.54) is 6.20 Å². The van der Waals surface area contributed by atoms with Gasteiger partial charge in [0.25, 0.3) is 0 Å². The summed E-state index contributed by atoms with van der Waals surface area (Å²) >= 11 is 0. The minimum Gasteiger partial charge on any atom is -0.445 e. The van der Waals surface area contributed by atoms with E-state index >= 15 is 0 Å². The average Bonchev–Trinajstić information content (AvgIpc) is 1.83. The second-order valence-corrected chi connectivity index (χ2v) is 1.62. The van der Waals surface area contributed by atoms with E-state index < -0.39 is 6.09 Å². The van der Waals surface area contributed by atoms with E-state index in [2.05, 4.69) is 10.5 Å². The van der Waals surface area contributed by atoms with Crippen molar-refractivity contribution in [2.24, 2.45) is 11.5 Å². The van der Waals surface area contributed by atoms with E-state index in [0.29, 0.717) is 0 Å². The molecule has 0 bridgehead atoms. The molecule has 4 heteroatoms. The summed E-state index contributed by atoms with van der Waals surface area (Å²) in [6, 6.07) is 0. The monoisotopic (exact) mass is 130 g/mol. The summed E-state index contributed by atoms with van der Waals surface area (Å²) in [5.41, 5.74) is 10.5. The van der Waals surface area contributed by atoms with Crippen molar-refractivity contribution in [1.82, 2.24) is 0 Å². The van der Waals surface area contributed by atoms with Gasteiger partial charge in [-0.2, -0.15) is 0 Å². The molecule has 0 saturated heterocycles. The van der Waals surface area contributed by atoms with Crippen molar-refractivity contribution in [1.29, 1.82) is 0 Å². The number of amides is 1. The topological polar surface area (TPSA) is 78.3 Å². The van der Waals surface area contributed by atoms with E-state index in [4.69, 9.17) is 5.73 Å². The zero-order chi connectivity index (χ0) is 7.28. The van der Waals surface area contributed by atoms with E-state index in [-0.39, 0.29) is 6.61 Å². The molecule has 4 nitrogen and oxygen atoms in total. The Hall–Kier alpha value is -1.19. The SMILES string of the molecule is C/C(=C\N)COC(N)=O. The van der Waals surface area contributed by atoms with E-state index in [1.54, 1.807) is 6.92 Å². The number of hydrogen-bond donors (Lipinski definition) is 2. The fourth-order valence-corrected chi connectivity index (χ4v) is 0.233. The van der Waals surface area contributed by atoms with Gasteiger partial charge in [-0.3, -0.25) is 0 Å². The van der Waals surface area contributed by atoms with Crippen molar-refractivity contribution in [3.8, 4) is 0 Å². The summed E-state index contributed by atoms with van der Waals surface area (Å²) in [6.45, 7) is 1.91. The summed E-state index contributed by atoms with van der Waals surface area (Å²) < 4.78 is 4.39.